The number of sulfonamides is 1. The van der Waals surface area contributed by atoms with Gasteiger partial charge in [-0.2, -0.15) is 0 Å². The van der Waals surface area contributed by atoms with E-state index in [0.717, 1.165) is 13.0 Å². The first kappa shape index (κ1) is 16.9. The van der Waals surface area contributed by atoms with Crippen molar-refractivity contribution in [3.8, 4) is 0 Å². The van der Waals surface area contributed by atoms with E-state index in [0.29, 0.717) is 12.2 Å². The van der Waals surface area contributed by atoms with E-state index >= 15 is 0 Å². The minimum atomic E-state index is -3.57. The van der Waals surface area contributed by atoms with Gasteiger partial charge in [0.1, 0.15) is 4.90 Å². The molecular formula is C13H24N4O2S. The number of hydrogen-bond donors (Lipinski definition) is 2. The summed E-state index contributed by atoms with van der Waals surface area (Å²) in [5.41, 5.74) is 0.589. The molecule has 0 aliphatic rings. The number of nitrogens with one attached hydrogen (secondary N) is 2. The highest BCUT2D eigenvalue weighted by Crippen LogP contribution is 2.19. The third kappa shape index (κ3) is 5.07. The molecule has 7 heteroatoms. The number of likely N-dealkylation sites (N-methyl/N-ethyl adjacent to an activating group) is 1. The molecule has 1 atom stereocenters. The quantitative estimate of drug-likeness (QED) is 0.753. The lowest BCUT2D eigenvalue weighted by Gasteiger charge is -2.19. The van der Waals surface area contributed by atoms with Crippen molar-refractivity contribution in [3.63, 3.8) is 0 Å². The molecule has 1 unspecified atom stereocenters. The molecule has 0 aliphatic heterocycles. The summed E-state index contributed by atoms with van der Waals surface area (Å²) >= 11 is 0. The first-order valence-corrected chi connectivity index (χ1v) is 8.20. The molecule has 0 aromatic carbocycles. The Morgan fingerprint density at radius 1 is 1.40 bits per heavy atom. The summed E-state index contributed by atoms with van der Waals surface area (Å²) < 4.78 is 27.5. The Kier molecular flexibility index (Phi) is 6.38. The monoisotopic (exact) mass is 300 g/mol. The molecule has 0 spiro atoms. The van der Waals surface area contributed by atoms with Gasteiger partial charge in [0, 0.05) is 31.5 Å². The molecule has 0 amide bonds. The van der Waals surface area contributed by atoms with Gasteiger partial charge in [0.05, 0.1) is 5.69 Å². The van der Waals surface area contributed by atoms with E-state index in [-0.39, 0.29) is 10.9 Å². The van der Waals surface area contributed by atoms with Crippen LogP contribution in [0.15, 0.2) is 23.4 Å². The van der Waals surface area contributed by atoms with Crippen molar-refractivity contribution >= 4 is 15.7 Å². The van der Waals surface area contributed by atoms with E-state index in [1.54, 1.807) is 12.3 Å². The van der Waals surface area contributed by atoms with Crippen molar-refractivity contribution in [3.05, 3.63) is 18.5 Å². The SMILES string of the molecule is CCCNc1ccncc1S(=O)(=O)NC(C)CN(C)C. The van der Waals surface area contributed by atoms with Crippen LogP contribution in [0.2, 0.25) is 0 Å². The van der Waals surface area contributed by atoms with Crippen molar-refractivity contribution < 1.29 is 8.42 Å². The summed E-state index contributed by atoms with van der Waals surface area (Å²) in [4.78, 5) is 6.05. The first-order valence-electron chi connectivity index (χ1n) is 6.71. The van der Waals surface area contributed by atoms with E-state index in [1.807, 2.05) is 32.8 Å². The Morgan fingerprint density at radius 2 is 2.10 bits per heavy atom. The van der Waals surface area contributed by atoms with Gasteiger partial charge in [-0.25, -0.2) is 13.1 Å². The van der Waals surface area contributed by atoms with Crippen molar-refractivity contribution in [2.24, 2.45) is 0 Å². The van der Waals surface area contributed by atoms with Crippen LogP contribution in [-0.2, 0) is 10.0 Å². The minimum absolute atomic E-state index is 0.172. The molecular weight excluding hydrogens is 276 g/mol. The van der Waals surface area contributed by atoms with Crippen LogP contribution in [0.5, 0.6) is 0 Å². The largest absolute Gasteiger partial charge is 0.384 e. The standard InChI is InChI=1S/C13H24N4O2S/c1-5-7-15-12-6-8-14-9-13(12)20(18,19)16-11(2)10-17(3)4/h6,8-9,11,16H,5,7,10H2,1-4H3,(H,14,15). The highest BCUT2D eigenvalue weighted by Gasteiger charge is 2.21. The fourth-order valence-electron chi connectivity index (χ4n) is 1.91. The molecule has 0 fully saturated rings. The van der Waals surface area contributed by atoms with E-state index < -0.39 is 10.0 Å². The number of aromatic nitrogens is 1. The van der Waals surface area contributed by atoms with E-state index in [2.05, 4.69) is 15.0 Å². The van der Waals surface area contributed by atoms with Crippen LogP contribution in [0.1, 0.15) is 20.3 Å². The van der Waals surface area contributed by atoms with Gasteiger partial charge in [0.2, 0.25) is 10.0 Å². The summed E-state index contributed by atoms with van der Waals surface area (Å²) in [6.45, 7) is 5.23. The van der Waals surface area contributed by atoms with Crippen LogP contribution in [0.3, 0.4) is 0 Å². The lowest BCUT2D eigenvalue weighted by atomic mass is 10.3. The van der Waals surface area contributed by atoms with Crippen molar-refractivity contribution in [1.29, 1.82) is 0 Å². The minimum Gasteiger partial charge on any atom is -0.384 e. The number of rotatable bonds is 8. The molecule has 6 nitrogen and oxygen atoms in total. The van der Waals surface area contributed by atoms with Crippen LogP contribution < -0.4 is 10.0 Å². The third-order valence-electron chi connectivity index (χ3n) is 2.63. The molecule has 0 aliphatic carbocycles. The van der Waals surface area contributed by atoms with Crippen molar-refractivity contribution in [2.75, 3.05) is 32.5 Å². The van der Waals surface area contributed by atoms with Crippen LogP contribution in [0.4, 0.5) is 5.69 Å². The normalized spacial score (nSPS) is 13.4. The predicted molar refractivity (Wildman–Crippen MR) is 81.4 cm³/mol. The fraction of sp³-hybridized carbons (Fsp3) is 0.615. The van der Waals surface area contributed by atoms with Crippen LogP contribution in [0, 0.1) is 0 Å². The third-order valence-corrected chi connectivity index (χ3v) is 4.25. The molecule has 1 heterocycles. The second-order valence-corrected chi connectivity index (χ2v) is 6.77. The number of pyridine rings is 1. The molecule has 0 radical (unpaired) electrons. The fourth-order valence-corrected chi connectivity index (χ4v) is 3.27. The summed E-state index contributed by atoms with van der Waals surface area (Å²) in [5, 5.41) is 3.11. The maximum atomic E-state index is 12.4. The van der Waals surface area contributed by atoms with E-state index in [1.165, 1.54) is 6.20 Å². The molecule has 1 aromatic heterocycles. The Morgan fingerprint density at radius 3 is 2.70 bits per heavy atom. The molecule has 0 saturated carbocycles. The van der Waals surface area contributed by atoms with Crippen LogP contribution in [0.25, 0.3) is 0 Å². The predicted octanol–water partition coefficient (Wildman–Crippen LogP) is 1.13. The van der Waals surface area contributed by atoms with Crippen LogP contribution in [-0.4, -0.2) is 51.5 Å². The average molecular weight is 300 g/mol. The summed E-state index contributed by atoms with van der Waals surface area (Å²) in [6, 6.07) is 1.51. The van der Waals surface area contributed by atoms with Crippen molar-refractivity contribution in [1.82, 2.24) is 14.6 Å². The Bertz CT molecular complexity index is 517. The molecule has 1 aromatic rings. The van der Waals surface area contributed by atoms with Gasteiger partial charge < -0.3 is 10.2 Å². The second-order valence-electron chi connectivity index (χ2n) is 5.08. The van der Waals surface area contributed by atoms with Gasteiger partial charge in [-0.3, -0.25) is 4.98 Å². The molecule has 114 valence electrons. The number of hydrogen-bond acceptors (Lipinski definition) is 5. The van der Waals surface area contributed by atoms with Gasteiger partial charge in [-0.15, -0.1) is 0 Å². The van der Waals surface area contributed by atoms with Gasteiger partial charge >= 0.3 is 0 Å². The molecule has 0 bridgehead atoms. The molecule has 0 saturated heterocycles. The molecule has 20 heavy (non-hydrogen) atoms. The summed E-state index contributed by atoms with van der Waals surface area (Å²) in [7, 11) is 0.244. The van der Waals surface area contributed by atoms with Gasteiger partial charge in [0.15, 0.2) is 0 Å². The molecule has 2 N–H and O–H groups in total. The lowest BCUT2D eigenvalue weighted by Crippen LogP contribution is -2.39. The first-order chi connectivity index (χ1) is 9.36. The summed E-state index contributed by atoms with van der Waals surface area (Å²) in [5.74, 6) is 0. The Labute approximate surface area is 121 Å². The second kappa shape index (κ2) is 7.56. The maximum Gasteiger partial charge on any atom is 0.244 e. The van der Waals surface area contributed by atoms with Crippen LogP contribution >= 0.6 is 0 Å². The highest BCUT2D eigenvalue weighted by atomic mass is 32.2. The zero-order valence-electron chi connectivity index (χ0n) is 12.5. The maximum absolute atomic E-state index is 12.4. The van der Waals surface area contributed by atoms with E-state index in [4.69, 9.17) is 0 Å². The van der Waals surface area contributed by atoms with Gasteiger partial charge in [-0.05, 0) is 33.5 Å². The number of nitrogens with zero attached hydrogens (tertiary/aromatic N) is 2. The molecule has 1 rings (SSSR count). The summed E-state index contributed by atoms with van der Waals surface area (Å²) in [6.07, 6.45) is 3.88. The van der Waals surface area contributed by atoms with Gasteiger partial charge in [0.25, 0.3) is 0 Å². The smallest absolute Gasteiger partial charge is 0.244 e. The lowest BCUT2D eigenvalue weighted by molar-refractivity contribution is 0.370. The Balaban J connectivity index is 2.91. The number of anilines is 1. The van der Waals surface area contributed by atoms with Crippen molar-refractivity contribution in [2.45, 2.75) is 31.2 Å². The highest BCUT2D eigenvalue weighted by molar-refractivity contribution is 7.89. The average Bonchev–Trinajstić information content (AvgIpc) is 2.34. The zero-order chi connectivity index (χ0) is 15.2. The van der Waals surface area contributed by atoms with E-state index in [9.17, 15) is 8.42 Å². The zero-order valence-corrected chi connectivity index (χ0v) is 13.4. The topological polar surface area (TPSA) is 74.3 Å². The van der Waals surface area contributed by atoms with Gasteiger partial charge in [-0.1, -0.05) is 6.92 Å². The Hall–Kier alpha value is -1.18.